The van der Waals surface area contributed by atoms with Crippen LogP contribution in [0.15, 0.2) is 52.6 Å². The maximum absolute atomic E-state index is 13.1. The van der Waals surface area contributed by atoms with E-state index in [1.807, 2.05) is 0 Å². The van der Waals surface area contributed by atoms with Crippen LogP contribution in [-0.2, 0) is 9.53 Å². The van der Waals surface area contributed by atoms with Crippen molar-refractivity contribution < 1.29 is 27.5 Å². The summed E-state index contributed by atoms with van der Waals surface area (Å²) in [7, 11) is 1.19. The Hall–Kier alpha value is -3.63. The van der Waals surface area contributed by atoms with Gasteiger partial charge in [-0.3, -0.25) is 14.7 Å². The number of fused-ring (bicyclic) bond motifs is 3. The fourth-order valence-electron chi connectivity index (χ4n) is 3.21. The number of carbonyl (C=O) groups is 2. The number of hydrogen-bond acceptors (Lipinski definition) is 7. The highest BCUT2D eigenvalue weighted by atomic mass is 19.4. The second kappa shape index (κ2) is 6.76. The zero-order chi connectivity index (χ0) is 20.8. The highest BCUT2D eigenvalue weighted by molar-refractivity contribution is 6.10. The number of alkyl halides is 3. The van der Waals surface area contributed by atoms with Gasteiger partial charge in [0.15, 0.2) is 5.69 Å². The Morgan fingerprint density at radius 3 is 2.83 bits per heavy atom. The molecule has 0 saturated carbocycles. The van der Waals surface area contributed by atoms with Gasteiger partial charge in [0.05, 0.1) is 30.3 Å². The molecule has 0 spiro atoms. The molecule has 148 valence electrons. The molecular weight excluding hydrogens is 391 g/mol. The van der Waals surface area contributed by atoms with E-state index in [2.05, 4.69) is 20.2 Å². The van der Waals surface area contributed by atoms with Crippen molar-refractivity contribution >= 4 is 17.6 Å². The van der Waals surface area contributed by atoms with Crippen molar-refractivity contribution in [2.75, 3.05) is 18.6 Å². The molecule has 0 aromatic carbocycles. The van der Waals surface area contributed by atoms with Crippen LogP contribution in [0.25, 0.3) is 11.1 Å². The smallest absolute Gasteiger partial charge is 0.406 e. The number of halogens is 3. The molecule has 29 heavy (non-hydrogen) atoms. The second-order valence-electron chi connectivity index (χ2n) is 6.24. The summed E-state index contributed by atoms with van der Waals surface area (Å²) in [6, 6.07) is 3.62. The molecule has 4 heterocycles. The summed E-state index contributed by atoms with van der Waals surface area (Å²) < 4.78 is 44.1. The van der Waals surface area contributed by atoms with Crippen molar-refractivity contribution in [2.24, 2.45) is 10.2 Å². The lowest BCUT2D eigenvalue weighted by molar-refractivity contribution is -0.130. The van der Waals surface area contributed by atoms with E-state index in [-0.39, 0.29) is 22.6 Å². The van der Waals surface area contributed by atoms with Gasteiger partial charge in [-0.1, -0.05) is 6.07 Å². The van der Waals surface area contributed by atoms with Gasteiger partial charge in [0.1, 0.15) is 12.6 Å². The van der Waals surface area contributed by atoms with Crippen molar-refractivity contribution in [2.45, 2.75) is 12.2 Å². The van der Waals surface area contributed by atoms with Crippen molar-refractivity contribution in [3.05, 3.63) is 53.8 Å². The molecule has 8 nitrogen and oxygen atoms in total. The summed E-state index contributed by atoms with van der Waals surface area (Å²) in [5.41, 5.74) is 0.741. The number of azo groups is 1. The van der Waals surface area contributed by atoms with Crippen molar-refractivity contribution in [1.29, 1.82) is 0 Å². The maximum atomic E-state index is 13.1. The predicted octanol–water partition coefficient (Wildman–Crippen LogP) is 3.23. The molecule has 0 radical (unpaired) electrons. The van der Waals surface area contributed by atoms with Gasteiger partial charge in [0.25, 0.3) is 5.91 Å². The summed E-state index contributed by atoms with van der Waals surface area (Å²) in [6.07, 6.45) is -0.716. The molecular formula is C18H12F3N5O3. The predicted molar refractivity (Wildman–Crippen MR) is 92.9 cm³/mol. The van der Waals surface area contributed by atoms with E-state index in [1.54, 1.807) is 12.1 Å². The molecule has 0 N–H and O–H groups in total. The minimum atomic E-state index is -4.63. The van der Waals surface area contributed by atoms with E-state index in [0.717, 1.165) is 6.20 Å². The molecule has 2 aromatic heterocycles. The molecule has 4 rings (SSSR count). The van der Waals surface area contributed by atoms with Gasteiger partial charge in [0, 0.05) is 23.5 Å². The lowest BCUT2D eigenvalue weighted by Gasteiger charge is -2.32. The first kappa shape index (κ1) is 18.7. The van der Waals surface area contributed by atoms with E-state index in [0.29, 0.717) is 16.0 Å². The summed E-state index contributed by atoms with van der Waals surface area (Å²) >= 11 is 0. The SMILES string of the molecule is COC(=O)c1ncccc1-c1cnc2c(c1)N(CC(F)(F)F)C(=O)C1=CN=NC12. The lowest BCUT2D eigenvalue weighted by Crippen LogP contribution is -2.43. The third kappa shape index (κ3) is 3.24. The third-order valence-electron chi connectivity index (χ3n) is 4.45. The van der Waals surface area contributed by atoms with E-state index < -0.39 is 30.6 Å². The summed E-state index contributed by atoms with van der Waals surface area (Å²) in [5.74, 6) is -1.56. The number of esters is 1. The van der Waals surface area contributed by atoms with Crippen LogP contribution in [0, 0.1) is 0 Å². The zero-order valence-corrected chi connectivity index (χ0v) is 14.8. The Morgan fingerprint density at radius 1 is 1.31 bits per heavy atom. The molecule has 0 saturated heterocycles. The number of ether oxygens (including phenoxy) is 1. The largest absolute Gasteiger partial charge is 0.464 e. The summed E-state index contributed by atoms with van der Waals surface area (Å²) in [4.78, 5) is 33.5. The van der Waals surface area contributed by atoms with Gasteiger partial charge in [-0.2, -0.15) is 23.4 Å². The molecule has 0 aliphatic carbocycles. The second-order valence-corrected chi connectivity index (χ2v) is 6.24. The number of aromatic nitrogens is 2. The van der Waals surface area contributed by atoms with Gasteiger partial charge in [-0.15, -0.1) is 0 Å². The van der Waals surface area contributed by atoms with Gasteiger partial charge in [0.2, 0.25) is 0 Å². The first-order valence-electron chi connectivity index (χ1n) is 8.32. The van der Waals surface area contributed by atoms with E-state index in [1.165, 1.54) is 25.6 Å². The molecule has 11 heteroatoms. The molecule has 2 aliphatic heterocycles. The molecule has 0 bridgehead atoms. The molecule has 2 aliphatic rings. The number of pyridine rings is 2. The monoisotopic (exact) mass is 403 g/mol. The molecule has 1 atom stereocenters. The van der Waals surface area contributed by atoms with Gasteiger partial charge in [-0.25, -0.2) is 9.78 Å². The first-order chi connectivity index (χ1) is 13.8. The van der Waals surface area contributed by atoms with Crippen LogP contribution in [0.5, 0.6) is 0 Å². The minimum Gasteiger partial charge on any atom is -0.464 e. The number of anilines is 1. The quantitative estimate of drug-likeness (QED) is 0.733. The van der Waals surface area contributed by atoms with E-state index in [9.17, 15) is 22.8 Å². The normalized spacial score (nSPS) is 17.7. The average molecular weight is 403 g/mol. The Balaban J connectivity index is 1.87. The van der Waals surface area contributed by atoms with Crippen LogP contribution in [0.3, 0.4) is 0 Å². The number of hydrogen-bond donors (Lipinski definition) is 0. The van der Waals surface area contributed by atoms with Gasteiger partial charge >= 0.3 is 12.1 Å². The Morgan fingerprint density at radius 2 is 2.10 bits per heavy atom. The Labute approximate surface area is 161 Å². The van der Waals surface area contributed by atoms with Crippen LogP contribution in [0.1, 0.15) is 22.2 Å². The Kier molecular flexibility index (Phi) is 4.36. The minimum absolute atomic E-state index is 0.0256. The lowest BCUT2D eigenvalue weighted by atomic mass is 9.95. The van der Waals surface area contributed by atoms with Crippen LogP contribution in [0.2, 0.25) is 0 Å². The van der Waals surface area contributed by atoms with Crippen LogP contribution >= 0.6 is 0 Å². The standard InChI is InChI=1S/C18H12F3N5O3/c1-29-17(28)14-10(3-2-4-22-14)9-5-12-15(23-6-9)13-11(7-24-25-13)16(27)26(12)8-18(19,20)21/h2-7,13H,8H2,1H3. The van der Waals surface area contributed by atoms with Crippen molar-refractivity contribution in [3.8, 4) is 11.1 Å². The topological polar surface area (TPSA) is 97.1 Å². The highest BCUT2D eigenvalue weighted by Crippen LogP contribution is 2.43. The van der Waals surface area contributed by atoms with Crippen molar-refractivity contribution in [1.82, 2.24) is 9.97 Å². The Bertz CT molecular complexity index is 1080. The number of amides is 1. The van der Waals surface area contributed by atoms with Gasteiger partial charge < -0.3 is 4.74 Å². The fourth-order valence-corrected chi connectivity index (χ4v) is 3.21. The number of rotatable bonds is 3. The fraction of sp³-hybridized carbons (Fsp3) is 0.222. The molecule has 0 fully saturated rings. The van der Waals surface area contributed by atoms with E-state index >= 15 is 0 Å². The molecule has 1 amide bonds. The van der Waals surface area contributed by atoms with Crippen LogP contribution < -0.4 is 4.90 Å². The third-order valence-corrected chi connectivity index (χ3v) is 4.45. The number of carbonyl (C=O) groups excluding carboxylic acids is 2. The average Bonchev–Trinajstić information content (AvgIpc) is 3.19. The highest BCUT2D eigenvalue weighted by Gasteiger charge is 2.44. The zero-order valence-electron chi connectivity index (χ0n) is 14.8. The maximum Gasteiger partial charge on any atom is 0.406 e. The summed E-state index contributed by atoms with van der Waals surface area (Å²) in [5, 5.41) is 7.56. The van der Waals surface area contributed by atoms with Gasteiger partial charge in [-0.05, 0) is 12.1 Å². The van der Waals surface area contributed by atoms with Crippen LogP contribution in [0.4, 0.5) is 18.9 Å². The number of nitrogens with zero attached hydrogens (tertiary/aromatic N) is 5. The number of methoxy groups -OCH3 is 1. The van der Waals surface area contributed by atoms with Crippen molar-refractivity contribution in [3.63, 3.8) is 0 Å². The molecule has 1 unspecified atom stereocenters. The summed E-state index contributed by atoms with van der Waals surface area (Å²) in [6.45, 7) is -1.50. The van der Waals surface area contributed by atoms with Crippen LogP contribution in [-0.4, -0.2) is 41.7 Å². The van der Waals surface area contributed by atoms with E-state index in [4.69, 9.17) is 4.74 Å². The first-order valence-corrected chi connectivity index (χ1v) is 8.32. The molecule has 2 aromatic rings.